The molecule has 1 unspecified atom stereocenters. The zero-order valence-corrected chi connectivity index (χ0v) is 11.9. The van der Waals surface area contributed by atoms with E-state index in [0.29, 0.717) is 17.7 Å². The van der Waals surface area contributed by atoms with Crippen LogP contribution in [0, 0.1) is 5.82 Å². The van der Waals surface area contributed by atoms with Crippen molar-refractivity contribution in [2.45, 2.75) is 19.4 Å². The summed E-state index contributed by atoms with van der Waals surface area (Å²) in [4.78, 5) is 12.3. The van der Waals surface area contributed by atoms with Crippen molar-refractivity contribution in [3.8, 4) is 5.75 Å². The third kappa shape index (κ3) is 3.78. The summed E-state index contributed by atoms with van der Waals surface area (Å²) in [6.07, 6.45) is 1.82. The highest BCUT2D eigenvalue weighted by atomic mass is 19.1. The summed E-state index contributed by atoms with van der Waals surface area (Å²) < 4.78 is 18.6. The van der Waals surface area contributed by atoms with Gasteiger partial charge in [0.1, 0.15) is 11.6 Å². The van der Waals surface area contributed by atoms with Crippen molar-refractivity contribution < 1.29 is 13.9 Å². The lowest BCUT2D eigenvalue weighted by Gasteiger charge is -2.16. The van der Waals surface area contributed by atoms with E-state index < -0.39 is 6.10 Å². The van der Waals surface area contributed by atoms with E-state index in [-0.39, 0.29) is 11.6 Å². The summed E-state index contributed by atoms with van der Waals surface area (Å²) in [6.45, 7) is 5.40. The van der Waals surface area contributed by atoms with E-state index in [1.165, 1.54) is 24.3 Å². The Labute approximate surface area is 123 Å². The molecule has 0 spiro atoms. The van der Waals surface area contributed by atoms with Crippen molar-refractivity contribution in [3.63, 3.8) is 0 Å². The van der Waals surface area contributed by atoms with Crippen LogP contribution in [0.5, 0.6) is 5.75 Å². The number of para-hydroxylation sites is 1. The van der Waals surface area contributed by atoms with Gasteiger partial charge in [0.15, 0.2) is 6.10 Å². The number of hydrogen-bond donors (Lipinski definition) is 0. The summed E-state index contributed by atoms with van der Waals surface area (Å²) in [7, 11) is 0. The summed E-state index contributed by atoms with van der Waals surface area (Å²) >= 11 is 0. The summed E-state index contributed by atoms with van der Waals surface area (Å²) in [6, 6.07) is 13.0. The molecule has 0 heterocycles. The molecule has 0 aliphatic heterocycles. The number of Topliss-reactive ketones (excluding diaryl/α,β-unsaturated/α-hetero) is 1. The van der Waals surface area contributed by atoms with Crippen LogP contribution < -0.4 is 4.74 Å². The summed E-state index contributed by atoms with van der Waals surface area (Å²) in [5.41, 5.74) is 1.41. The van der Waals surface area contributed by atoms with Gasteiger partial charge < -0.3 is 4.74 Å². The van der Waals surface area contributed by atoms with Crippen molar-refractivity contribution in [2.24, 2.45) is 0 Å². The van der Waals surface area contributed by atoms with Crippen LogP contribution in [0.25, 0.3) is 0 Å². The number of ether oxygens (including phenoxy) is 1. The Kier molecular flexibility index (Phi) is 4.88. The molecule has 0 radical (unpaired) electrons. The number of halogens is 1. The van der Waals surface area contributed by atoms with E-state index in [1.54, 1.807) is 13.0 Å². The molecule has 2 aromatic carbocycles. The van der Waals surface area contributed by atoms with Crippen LogP contribution in [0.3, 0.4) is 0 Å². The van der Waals surface area contributed by atoms with E-state index >= 15 is 0 Å². The molecule has 108 valence electrons. The molecule has 0 bridgehead atoms. The van der Waals surface area contributed by atoms with E-state index in [4.69, 9.17) is 4.74 Å². The van der Waals surface area contributed by atoms with Crippen LogP contribution in [0.15, 0.2) is 61.2 Å². The minimum atomic E-state index is -0.638. The summed E-state index contributed by atoms with van der Waals surface area (Å²) in [5.74, 6) is 0.125. The fraction of sp³-hybridized carbons (Fsp3) is 0.167. The van der Waals surface area contributed by atoms with Gasteiger partial charge >= 0.3 is 0 Å². The monoisotopic (exact) mass is 284 g/mol. The second-order valence-electron chi connectivity index (χ2n) is 4.73. The fourth-order valence-corrected chi connectivity index (χ4v) is 2.04. The van der Waals surface area contributed by atoms with Gasteiger partial charge in [0.2, 0.25) is 5.78 Å². The van der Waals surface area contributed by atoms with Gasteiger partial charge in [0.25, 0.3) is 0 Å². The molecular weight excluding hydrogens is 267 g/mol. The van der Waals surface area contributed by atoms with Gasteiger partial charge in [-0.15, -0.1) is 6.58 Å². The first-order valence-corrected chi connectivity index (χ1v) is 6.77. The summed E-state index contributed by atoms with van der Waals surface area (Å²) in [5, 5.41) is 0. The molecular formula is C18H17FO2. The highest BCUT2D eigenvalue weighted by molar-refractivity contribution is 5.99. The van der Waals surface area contributed by atoms with Crippen LogP contribution in [0.1, 0.15) is 22.8 Å². The Morgan fingerprint density at radius 2 is 1.90 bits per heavy atom. The Hall–Kier alpha value is -2.42. The van der Waals surface area contributed by atoms with Crippen LogP contribution >= 0.6 is 0 Å². The van der Waals surface area contributed by atoms with Gasteiger partial charge in [-0.05, 0) is 49.2 Å². The molecule has 3 heteroatoms. The van der Waals surface area contributed by atoms with E-state index in [1.807, 2.05) is 24.3 Å². The molecule has 0 aliphatic carbocycles. The van der Waals surface area contributed by atoms with Crippen molar-refractivity contribution >= 4 is 5.78 Å². The van der Waals surface area contributed by atoms with E-state index in [0.717, 1.165) is 5.56 Å². The molecule has 0 amide bonds. The SMILES string of the molecule is C=CCc1ccccc1OC(C)C(=O)c1ccc(F)cc1. The Bertz CT molecular complexity index is 632. The largest absolute Gasteiger partial charge is 0.482 e. The van der Waals surface area contributed by atoms with Gasteiger partial charge in [-0.2, -0.15) is 0 Å². The second-order valence-corrected chi connectivity index (χ2v) is 4.73. The Morgan fingerprint density at radius 3 is 2.57 bits per heavy atom. The van der Waals surface area contributed by atoms with E-state index in [2.05, 4.69) is 6.58 Å². The van der Waals surface area contributed by atoms with Crippen LogP contribution in [0.2, 0.25) is 0 Å². The number of carbonyl (C=O) groups excluding carboxylic acids is 1. The molecule has 1 atom stereocenters. The quantitative estimate of drug-likeness (QED) is 0.587. The molecule has 0 saturated carbocycles. The molecule has 21 heavy (non-hydrogen) atoms. The second kappa shape index (κ2) is 6.84. The van der Waals surface area contributed by atoms with Crippen molar-refractivity contribution in [1.82, 2.24) is 0 Å². The van der Waals surface area contributed by atoms with Crippen LogP contribution in [-0.2, 0) is 6.42 Å². The Morgan fingerprint density at radius 1 is 1.24 bits per heavy atom. The number of benzene rings is 2. The standard InChI is InChI=1S/C18H17FO2/c1-3-6-14-7-4-5-8-17(14)21-13(2)18(20)15-9-11-16(19)12-10-15/h3-5,7-13H,1,6H2,2H3. The minimum absolute atomic E-state index is 0.177. The number of allylic oxidation sites excluding steroid dienone is 1. The number of carbonyl (C=O) groups is 1. The third-order valence-electron chi connectivity index (χ3n) is 3.14. The molecule has 2 nitrogen and oxygen atoms in total. The van der Waals surface area contributed by atoms with Gasteiger partial charge in [-0.25, -0.2) is 4.39 Å². The molecule has 2 rings (SSSR count). The fourth-order valence-electron chi connectivity index (χ4n) is 2.04. The average molecular weight is 284 g/mol. The highest BCUT2D eigenvalue weighted by Gasteiger charge is 2.17. The molecule has 0 saturated heterocycles. The smallest absolute Gasteiger partial charge is 0.202 e. The molecule has 0 aliphatic rings. The predicted octanol–water partition coefficient (Wildman–Crippen LogP) is 4.20. The lowest BCUT2D eigenvalue weighted by atomic mass is 10.1. The molecule has 0 fully saturated rings. The first-order chi connectivity index (χ1) is 10.1. The molecule has 2 aromatic rings. The van der Waals surface area contributed by atoms with Gasteiger partial charge in [0.05, 0.1) is 0 Å². The predicted molar refractivity (Wildman–Crippen MR) is 81.2 cm³/mol. The lowest BCUT2D eigenvalue weighted by molar-refractivity contribution is 0.0817. The average Bonchev–Trinajstić information content (AvgIpc) is 2.49. The Balaban J connectivity index is 2.14. The normalized spacial score (nSPS) is 11.7. The molecule has 0 aromatic heterocycles. The van der Waals surface area contributed by atoms with Crippen LogP contribution in [-0.4, -0.2) is 11.9 Å². The maximum absolute atomic E-state index is 12.9. The first-order valence-electron chi connectivity index (χ1n) is 6.77. The number of rotatable bonds is 6. The van der Waals surface area contributed by atoms with Crippen molar-refractivity contribution in [3.05, 3.63) is 78.1 Å². The zero-order valence-electron chi connectivity index (χ0n) is 11.9. The maximum atomic E-state index is 12.9. The van der Waals surface area contributed by atoms with Gasteiger partial charge in [-0.3, -0.25) is 4.79 Å². The highest BCUT2D eigenvalue weighted by Crippen LogP contribution is 2.21. The minimum Gasteiger partial charge on any atom is -0.482 e. The lowest BCUT2D eigenvalue weighted by Crippen LogP contribution is -2.24. The van der Waals surface area contributed by atoms with Crippen molar-refractivity contribution in [1.29, 1.82) is 0 Å². The third-order valence-corrected chi connectivity index (χ3v) is 3.14. The van der Waals surface area contributed by atoms with Crippen LogP contribution in [0.4, 0.5) is 4.39 Å². The van der Waals surface area contributed by atoms with E-state index in [9.17, 15) is 9.18 Å². The first kappa shape index (κ1) is 15.0. The number of hydrogen-bond acceptors (Lipinski definition) is 2. The topological polar surface area (TPSA) is 26.3 Å². The zero-order chi connectivity index (χ0) is 15.2. The maximum Gasteiger partial charge on any atom is 0.202 e. The van der Waals surface area contributed by atoms with Gasteiger partial charge in [0, 0.05) is 5.56 Å². The van der Waals surface area contributed by atoms with Crippen molar-refractivity contribution in [2.75, 3.05) is 0 Å². The number of ketones is 1. The molecule has 0 N–H and O–H groups in total. The van der Waals surface area contributed by atoms with Gasteiger partial charge in [-0.1, -0.05) is 24.3 Å².